The summed E-state index contributed by atoms with van der Waals surface area (Å²) in [5.41, 5.74) is 5.85. The van der Waals surface area contributed by atoms with Crippen LogP contribution in [0.2, 0.25) is 0 Å². The average Bonchev–Trinajstić information content (AvgIpc) is 2.69. The molecule has 0 radical (unpaired) electrons. The quantitative estimate of drug-likeness (QED) is 0.851. The standard InChI is InChI=1S/C21H25N3O/c1-2-24-15-13-19(14-16-24)22-23-21(25)20(17-9-5-3-6-10-17)18-11-7-4-8-12-18/h3-12,20H,2,13-16H2,1H3,(H,23,25). The molecule has 0 atom stereocenters. The highest BCUT2D eigenvalue weighted by atomic mass is 16.2. The Bertz CT molecular complexity index is 663. The summed E-state index contributed by atoms with van der Waals surface area (Å²) in [6, 6.07) is 19.7. The van der Waals surface area contributed by atoms with Gasteiger partial charge in [0, 0.05) is 31.6 Å². The Morgan fingerprint density at radius 2 is 1.52 bits per heavy atom. The highest BCUT2D eigenvalue weighted by molar-refractivity contribution is 5.90. The second kappa shape index (κ2) is 8.58. The largest absolute Gasteiger partial charge is 0.303 e. The molecule has 4 nitrogen and oxygen atoms in total. The molecule has 0 unspecified atom stereocenters. The maximum absolute atomic E-state index is 12.9. The zero-order valence-electron chi connectivity index (χ0n) is 14.7. The maximum Gasteiger partial charge on any atom is 0.252 e. The van der Waals surface area contributed by atoms with Gasteiger partial charge in [-0.2, -0.15) is 5.10 Å². The molecule has 1 aliphatic rings. The topological polar surface area (TPSA) is 44.7 Å². The van der Waals surface area contributed by atoms with E-state index in [1.54, 1.807) is 0 Å². The Kier molecular flexibility index (Phi) is 5.96. The van der Waals surface area contributed by atoms with Crippen molar-refractivity contribution in [3.63, 3.8) is 0 Å². The van der Waals surface area contributed by atoms with Crippen molar-refractivity contribution in [1.29, 1.82) is 0 Å². The fourth-order valence-corrected chi connectivity index (χ4v) is 3.22. The number of nitrogens with zero attached hydrogens (tertiary/aromatic N) is 2. The number of hydrogen-bond donors (Lipinski definition) is 1. The van der Waals surface area contributed by atoms with Gasteiger partial charge < -0.3 is 4.90 Å². The van der Waals surface area contributed by atoms with E-state index >= 15 is 0 Å². The van der Waals surface area contributed by atoms with Crippen molar-refractivity contribution in [3.8, 4) is 0 Å². The number of hydrazone groups is 1. The van der Waals surface area contributed by atoms with Crippen molar-refractivity contribution in [2.24, 2.45) is 5.10 Å². The molecule has 2 aromatic carbocycles. The van der Waals surface area contributed by atoms with Crippen LogP contribution in [0.3, 0.4) is 0 Å². The van der Waals surface area contributed by atoms with Gasteiger partial charge in [-0.3, -0.25) is 4.79 Å². The summed E-state index contributed by atoms with van der Waals surface area (Å²) in [5, 5.41) is 4.41. The lowest BCUT2D eigenvalue weighted by molar-refractivity contribution is -0.121. The molecule has 130 valence electrons. The van der Waals surface area contributed by atoms with Crippen molar-refractivity contribution in [1.82, 2.24) is 10.3 Å². The molecule has 3 rings (SSSR count). The number of carbonyl (C=O) groups excluding carboxylic acids is 1. The van der Waals surface area contributed by atoms with Crippen LogP contribution in [-0.4, -0.2) is 36.2 Å². The van der Waals surface area contributed by atoms with Gasteiger partial charge >= 0.3 is 0 Å². The minimum Gasteiger partial charge on any atom is -0.303 e. The van der Waals surface area contributed by atoms with Crippen molar-refractivity contribution < 1.29 is 4.79 Å². The minimum absolute atomic E-state index is 0.0807. The number of likely N-dealkylation sites (tertiary alicyclic amines) is 1. The third kappa shape index (κ3) is 4.54. The number of amides is 1. The maximum atomic E-state index is 12.9. The minimum atomic E-state index is -0.345. The van der Waals surface area contributed by atoms with Gasteiger partial charge in [0.1, 0.15) is 0 Å². The smallest absolute Gasteiger partial charge is 0.252 e. The van der Waals surface area contributed by atoms with E-state index in [1.807, 2.05) is 60.7 Å². The lowest BCUT2D eigenvalue weighted by atomic mass is 9.91. The summed E-state index contributed by atoms with van der Waals surface area (Å²) in [7, 11) is 0. The summed E-state index contributed by atoms with van der Waals surface area (Å²) in [6.07, 6.45) is 1.85. The van der Waals surface area contributed by atoms with Gasteiger partial charge in [0.25, 0.3) is 5.91 Å². The first-order chi connectivity index (χ1) is 12.3. The summed E-state index contributed by atoms with van der Waals surface area (Å²) in [6.45, 7) is 5.29. The number of benzene rings is 2. The van der Waals surface area contributed by atoms with Gasteiger partial charge in [-0.15, -0.1) is 0 Å². The molecule has 0 spiro atoms. The molecule has 1 amide bonds. The molecule has 1 saturated heterocycles. The molecule has 2 aromatic rings. The second-order valence-electron chi connectivity index (χ2n) is 6.34. The van der Waals surface area contributed by atoms with Gasteiger partial charge in [0.2, 0.25) is 0 Å². The third-order valence-corrected chi connectivity index (χ3v) is 4.73. The molecular weight excluding hydrogens is 310 g/mol. The van der Waals surface area contributed by atoms with Crippen LogP contribution in [0.15, 0.2) is 65.8 Å². The Morgan fingerprint density at radius 1 is 1.00 bits per heavy atom. The summed E-state index contributed by atoms with van der Waals surface area (Å²) in [5.74, 6) is -0.426. The van der Waals surface area contributed by atoms with E-state index in [9.17, 15) is 4.79 Å². The van der Waals surface area contributed by atoms with Crippen molar-refractivity contribution in [2.75, 3.05) is 19.6 Å². The van der Waals surface area contributed by atoms with Gasteiger partial charge in [-0.05, 0) is 17.7 Å². The first-order valence-corrected chi connectivity index (χ1v) is 8.95. The number of rotatable bonds is 5. The molecular formula is C21H25N3O. The zero-order chi connectivity index (χ0) is 17.5. The number of piperidine rings is 1. The van der Waals surface area contributed by atoms with Crippen LogP contribution in [0.4, 0.5) is 0 Å². The van der Waals surface area contributed by atoms with E-state index < -0.39 is 0 Å². The zero-order valence-corrected chi connectivity index (χ0v) is 14.7. The lowest BCUT2D eigenvalue weighted by Gasteiger charge is -2.26. The van der Waals surface area contributed by atoms with E-state index in [2.05, 4.69) is 22.4 Å². The van der Waals surface area contributed by atoms with Crippen LogP contribution >= 0.6 is 0 Å². The summed E-state index contributed by atoms with van der Waals surface area (Å²) >= 11 is 0. The van der Waals surface area contributed by atoms with E-state index in [0.29, 0.717) is 0 Å². The molecule has 0 bridgehead atoms. The number of hydrogen-bond acceptors (Lipinski definition) is 3. The van der Waals surface area contributed by atoms with Crippen LogP contribution in [0, 0.1) is 0 Å². The van der Waals surface area contributed by atoms with Crippen molar-refractivity contribution >= 4 is 11.6 Å². The van der Waals surface area contributed by atoms with Gasteiger partial charge in [0.05, 0.1) is 5.92 Å². The predicted molar refractivity (Wildman–Crippen MR) is 102 cm³/mol. The fourth-order valence-electron chi connectivity index (χ4n) is 3.22. The van der Waals surface area contributed by atoms with Gasteiger partial charge in [0.15, 0.2) is 0 Å². The third-order valence-electron chi connectivity index (χ3n) is 4.73. The molecule has 25 heavy (non-hydrogen) atoms. The highest BCUT2D eigenvalue weighted by Gasteiger charge is 2.22. The average molecular weight is 335 g/mol. The second-order valence-corrected chi connectivity index (χ2v) is 6.34. The normalized spacial score (nSPS) is 15.2. The Labute approximate surface area is 149 Å². The number of carbonyl (C=O) groups is 1. The van der Waals surface area contributed by atoms with Gasteiger partial charge in [-0.25, -0.2) is 5.43 Å². The van der Waals surface area contributed by atoms with E-state index in [4.69, 9.17) is 0 Å². The molecule has 0 aromatic heterocycles. The van der Waals surface area contributed by atoms with E-state index in [-0.39, 0.29) is 11.8 Å². The fraction of sp³-hybridized carbons (Fsp3) is 0.333. The van der Waals surface area contributed by atoms with E-state index in [0.717, 1.165) is 49.3 Å². The lowest BCUT2D eigenvalue weighted by Crippen LogP contribution is -2.35. The molecule has 1 aliphatic heterocycles. The summed E-state index contributed by atoms with van der Waals surface area (Å²) < 4.78 is 0. The van der Waals surface area contributed by atoms with Crippen molar-refractivity contribution in [3.05, 3.63) is 71.8 Å². The Morgan fingerprint density at radius 3 is 2.00 bits per heavy atom. The Balaban J connectivity index is 1.74. The Hall–Kier alpha value is -2.46. The molecule has 1 fully saturated rings. The monoisotopic (exact) mass is 335 g/mol. The van der Waals surface area contributed by atoms with Gasteiger partial charge in [-0.1, -0.05) is 67.6 Å². The first kappa shape index (κ1) is 17.4. The van der Waals surface area contributed by atoms with Crippen LogP contribution in [-0.2, 0) is 4.79 Å². The van der Waals surface area contributed by atoms with Crippen molar-refractivity contribution in [2.45, 2.75) is 25.7 Å². The highest BCUT2D eigenvalue weighted by Crippen LogP contribution is 2.24. The molecule has 0 aliphatic carbocycles. The van der Waals surface area contributed by atoms with Crippen LogP contribution < -0.4 is 5.43 Å². The van der Waals surface area contributed by atoms with Crippen LogP contribution in [0.5, 0.6) is 0 Å². The molecule has 1 heterocycles. The number of nitrogens with one attached hydrogen (secondary N) is 1. The molecule has 1 N–H and O–H groups in total. The SMILES string of the molecule is CCN1CCC(=NNC(=O)C(c2ccccc2)c2ccccc2)CC1. The molecule has 4 heteroatoms. The first-order valence-electron chi connectivity index (χ1n) is 8.95. The van der Waals surface area contributed by atoms with Crippen LogP contribution in [0.1, 0.15) is 36.8 Å². The summed E-state index contributed by atoms with van der Waals surface area (Å²) in [4.78, 5) is 15.3. The molecule has 0 saturated carbocycles. The van der Waals surface area contributed by atoms with E-state index in [1.165, 1.54) is 0 Å². The van der Waals surface area contributed by atoms with Crippen LogP contribution in [0.25, 0.3) is 0 Å². The predicted octanol–water partition coefficient (Wildman–Crippen LogP) is 3.41.